The van der Waals surface area contributed by atoms with E-state index in [0.29, 0.717) is 25.9 Å². The third kappa shape index (κ3) is 4.69. The van der Waals surface area contributed by atoms with E-state index in [-0.39, 0.29) is 5.91 Å². The first-order valence-corrected chi connectivity index (χ1v) is 8.91. The average Bonchev–Trinajstić information content (AvgIpc) is 3.04. The molecule has 3 aromatic rings. The lowest BCUT2D eigenvalue weighted by Gasteiger charge is -2.13. The van der Waals surface area contributed by atoms with Crippen LogP contribution in [0.2, 0.25) is 10.0 Å². The minimum Gasteiger partial charge on any atom is -0.481 e. The summed E-state index contributed by atoms with van der Waals surface area (Å²) >= 11 is 13.0. The first kappa shape index (κ1) is 17.7. The minimum atomic E-state index is -0.707. The van der Waals surface area contributed by atoms with E-state index in [0.717, 1.165) is 5.56 Å². The number of rotatable bonds is 5. The molecule has 0 saturated carbocycles. The Kier molecular flexibility index (Phi) is 5.53. The van der Waals surface area contributed by atoms with Gasteiger partial charge in [-0.15, -0.1) is 10.2 Å². The maximum atomic E-state index is 12.2. The van der Waals surface area contributed by atoms with Gasteiger partial charge in [-0.1, -0.05) is 52.7 Å². The maximum Gasteiger partial charge on any atom is 0.266 e. The monoisotopic (exact) mass is 393 g/mol. The van der Waals surface area contributed by atoms with Crippen LogP contribution in [0.4, 0.5) is 5.13 Å². The van der Waals surface area contributed by atoms with Gasteiger partial charge in [0.25, 0.3) is 5.91 Å². The molecule has 0 aliphatic heterocycles. The summed E-state index contributed by atoms with van der Waals surface area (Å²) in [5, 5.41) is 13.0. The SMILES string of the molecule is C[C@H](Oc1cccc(Cl)c1)C(=O)Nc1nnc(-c2ccc(Cl)cc2)s1. The van der Waals surface area contributed by atoms with Crippen molar-refractivity contribution in [2.24, 2.45) is 0 Å². The van der Waals surface area contributed by atoms with Crippen molar-refractivity contribution in [2.75, 3.05) is 5.32 Å². The van der Waals surface area contributed by atoms with Gasteiger partial charge in [-0.25, -0.2) is 0 Å². The van der Waals surface area contributed by atoms with Crippen LogP contribution >= 0.6 is 34.5 Å². The normalized spacial score (nSPS) is 11.8. The molecule has 8 heteroatoms. The third-order valence-corrected chi connectivity index (χ3v) is 4.60. The Balaban J connectivity index is 1.64. The van der Waals surface area contributed by atoms with Gasteiger partial charge in [0.15, 0.2) is 6.10 Å². The van der Waals surface area contributed by atoms with Gasteiger partial charge in [0, 0.05) is 15.6 Å². The molecule has 0 fully saturated rings. The lowest BCUT2D eigenvalue weighted by molar-refractivity contribution is -0.122. The van der Waals surface area contributed by atoms with Gasteiger partial charge in [0.1, 0.15) is 10.8 Å². The van der Waals surface area contributed by atoms with E-state index in [4.69, 9.17) is 27.9 Å². The van der Waals surface area contributed by atoms with Gasteiger partial charge in [0.2, 0.25) is 5.13 Å². The highest BCUT2D eigenvalue weighted by molar-refractivity contribution is 7.18. The number of aromatic nitrogens is 2. The second-order valence-corrected chi connectivity index (χ2v) is 6.98. The molecule has 1 atom stereocenters. The number of benzene rings is 2. The summed E-state index contributed by atoms with van der Waals surface area (Å²) in [5.41, 5.74) is 0.880. The number of hydrogen-bond donors (Lipinski definition) is 1. The molecular weight excluding hydrogens is 381 g/mol. The highest BCUT2D eigenvalue weighted by atomic mass is 35.5. The van der Waals surface area contributed by atoms with Crippen molar-refractivity contribution in [3.63, 3.8) is 0 Å². The second-order valence-electron chi connectivity index (χ2n) is 5.13. The van der Waals surface area contributed by atoms with E-state index in [2.05, 4.69) is 15.5 Å². The molecular formula is C17H13Cl2N3O2S. The molecule has 0 radical (unpaired) electrons. The Bertz CT molecular complexity index is 884. The highest BCUT2D eigenvalue weighted by Gasteiger charge is 2.17. The summed E-state index contributed by atoms with van der Waals surface area (Å²) in [7, 11) is 0. The maximum absolute atomic E-state index is 12.2. The smallest absolute Gasteiger partial charge is 0.266 e. The van der Waals surface area contributed by atoms with E-state index < -0.39 is 6.10 Å². The van der Waals surface area contributed by atoms with E-state index in [1.54, 1.807) is 43.3 Å². The number of amides is 1. The predicted octanol–water partition coefficient (Wildman–Crippen LogP) is 4.92. The van der Waals surface area contributed by atoms with Crippen molar-refractivity contribution in [3.05, 3.63) is 58.6 Å². The van der Waals surface area contributed by atoms with Crippen molar-refractivity contribution in [1.82, 2.24) is 10.2 Å². The number of anilines is 1. The van der Waals surface area contributed by atoms with Gasteiger partial charge in [0.05, 0.1) is 0 Å². The van der Waals surface area contributed by atoms with Crippen LogP contribution in [-0.4, -0.2) is 22.2 Å². The van der Waals surface area contributed by atoms with Crippen molar-refractivity contribution >= 4 is 45.6 Å². The predicted molar refractivity (Wildman–Crippen MR) is 101 cm³/mol. The van der Waals surface area contributed by atoms with Gasteiger partial charge < -0.3 is 4.74 Å². The molecule has 0 spiro atoms. The number of nitrogens with zero attached hydrogens (tertiary/aromatic N) is 2. The molecule has 0 aliphatic carbocycles. The Hall–Kier alpha value is -2.15. The third-order valence-electron chi connectivity index (χ3n) is 3.22. The molecule has 2 aromatic carbocycles. The van der Waals surface area contributed by atoms with Crippen molar-refractivity contribution in [1.29, 1.82) is 0 Å². The fourth-order valence-corrected chi connectivity index (χ4v) is 3.05. The minimum absolute atomic E-state index is 0.321. The van der Waals surface area contributed by atoms with E-state index in [1.165, 1.54) is 11.3 Å². The van der Waals surface area contributed by atoms with Crippen LogP contribution in [0.25, 0.3) is 10.6 Å². The number of carbonyl (C=O) groups is 1. The molecule has 1 aromatic heterocycles. The molecule has 128 valence electrons. The van der Waals surface area contributed by atoms with Gasteiger partial charge in [-0.05, 0) is 37.3 Å². The van der Waals surface area contributed by atoms with Crippen LogP contribution in [0.1, 0.15) is 6.92 Å². The Morgan fingerprint density at radius 1 is 1.12 bits per heavy atom. The number of carbonyl (C=O) groups excluding carboxylic acids is 1. The number of hydrogen-bond acceptors (Lipinski definition) is 5. The Morgan fingerprint density at radius 2 is 1.88 bits per heavy atom. The van der Waals surface area contributed by atoms with Crippen LogP contribution < -0.4 is 10.1 Å². The average molecular weight is 394 g/mol. The summed E-state index contributed by atoms with van der Waals surface area (Å²) < 4.78 is 5.58. The quantitative estimate of drug-likeness (QED) is 0.667. The Labute approximate surface area is 158 Å². The fourth-order valence-electron chi connectivity index (χ4n) is 1.99. The molecule has 1 N–H and O–H groups in total. The zero-order valence-electron chi connectivity index (χ0n) is 13.1. The standard InChI is InChI=1S/C17H13Cl2N3O2S/c1-10(24-14-4-2-3-13(19)9-14)15(23)20-17-22-21-16(25-17)11-5-7-12(18)8-6-11/h2-10H,1H3,(H,20,22,23)/t10-/m0/s1. The fraction of sp³-hybridized carbons (Fsp3) is 0.118. The lowest BCUT2D eigenvalue weighted by Crippen LogP contribution is -2.30. The van der Waals surface area contributed by atoms with Crippen molar-refractivity contribution < 1.29 is 9.53 Å². The van der Waals surface area contributed by atoms with Crippen LogP contribution in [0.3, 0.4) is 0 Å². The van der Waals surface area contributed by atoms with Crippen LogP contribution in [0, 0.1) is 0 Å². The molecule has 1 heterocycles. The lowest BCUT2D eigenvalue weighted by atomic mass is 10.2. The molecule has 0 aliphatic rings. The van der Waals surface area contributed by atoms with Crippen LogP contribution in [0.15, 0.2) is 48.5 Å². The topological polar surface area (TPSA) is 64.1 Å². The summed E-state index contributed by atoms with van der Waals surface area (Å²) in [6, 6.07) is 14.1. The highest BCUT2D eigenvalue weighted by Crippen LogP contribution is 2.27. The first-order chi connectivity index (χ1) is 12.0. The molecule has 3 rings (SSSR count). The van der Waals surface area contributed by atoms with Crippen LogP contribution in [0.5, 0.6) is 5.75 Å². The van der Waals surface area contributed by atoms with Crippen LogP contribution in [-0.2, 0) is 4.79 Å². The molecule has 5 nitrogen and oxygen atoms in total. The zero-order chi connectivity index (χ0) is 17.8. The van der Waals surface area contributed by atoms with E-state index in [1.807, 2.05) is 12.1 Å². The van der Waals surface area contributed by atoms with Crippen molar-refractivity contribution in [3.8, 4) is 16.3 Å². The number of halogens is 2. The molecule has 0 bridgehead atoms. The summed E-state index contributed by atoms with van der Waals surface area (Å²) in [4.78, 5) is 12.2. The summed E-state index contributed by atoms with van der Waals surface area (Å²) in [5.74, 6) is 0.202. The molecule has 0 saturated heterocycles. The molecule has 0 unspecified atom stereocenters. The van der Waals surface area contributed by atoms with E-state index in [9.17, 15) is 4.79 Å². The summed E-state index contributed by atoms with van der Waals surface area (Å²) in [6.45, 7) is 1.65. The Morgan fingerprint density at radius 3 is 2.60 bits per heavy atom. The van der Waals surface area contributed by atoms with E-state index >= 15 is 0 Å². The second kappa shape index (κ2) is 7.82. The molecule has 25 heavy (non-hydrogen) atoms. The first-order valence-electron chi connectivity index (χ1n) is 7.34. The largest absolute Gasteiger partial charge is 0.481 e. The van der Waals surface area contributed by atoms with Gasteiger partial charge >= 0.3 is 0 Å². The number of nitrogens with one attached hydrogen (secondary N) is 1. The van der Waals surface area contributed by atoms with Gasteiger partial charge in [-0.2, -0.15) is 0 Å². The van der Waals surface area contributed by atoms with Crippen molar-refractivity contribution in [2.45, 2.75) is 13.0 Å². The number of ether oxygens (including phenoxy) is 1. The molecule has 1 amide bonds. The summed E-state index contributed by atoms with van der Waals surface area (Å²) in [6.07, 6.45) is -0.707. The zero-order valence-corrected chi connectivity index (χ0v) is 15.4. The van der Waals surface area contributed by atoms with Gasteiger partial charge in [-0.3, -0.25) is 10.1 Å².